The number of carbonyl (C=O) groups excluding carboxylic acids is 6. The summed E-state index contributed by atoms with van der Waals surface area (Å²) in [6.45, 7) is 3.07. The van der Waals surface area contributed by atoms with E-state index in [2.05, 4.69) is 31.9 Å². The molecule has 6 rings (SSSR count). The number of nitrogens with zero attached hydrogens (tertiary/aromatic N) is 2. The number of rotatable bonds is 17. The SMILES string of the molecule is CCOC(=O)C(C(N)=O)c1cn(-c2ccc(Br)cc2)c(SSc2c(C(=O)c3ccccc3)c(C(C(N)=O)C(=O)OCC)cn2-c2ccc(Br)cc2)c1C(=O)c1ccccc1. The predicted molar refractivity (Wildman–Crippen MR) is 236 cm³/mol. The molecule has 0 saturated heterocycles. The summed E-state index contributed by atoms with van der Waals surface area (Å²) in [7, 11) is 2.09. The first-order valence-corrected chi connectivity index (χ1v) is 22.1. The van der Waals surface area contributed by atoms with Gasteiger partial charge in [-0.05, 0) is 84.0 Å². The highest BCUT2D eigenvalue weighted by Crippen LogP contribution is 2.48. The highest BCUT2D eigenvalue weighted by Gasteiger charge is 2.39. The van der Waals surface area contributed by atoms with E-state index >= 15 is 0 Å². The average Bonchev–Trinajstić information content (AvgIpc) is 3.79. The van der Waals surface area contributed by atoms with Gasteiger partial charge in [-0.15, -0.1) is 0 Å². The van der Waals surface area contributed by atoms with Crippen LogP contribution in [0.25, 0.3) is 11.4 Å². The number of carbonyl (C=O) groups is 6. The second kappa shape index (κ2) is 19.6. The molecule has 4 N–H and O–H groups in total. The molecule has 12 nitrogen and oxygen atoms in total. The van der Waals surface area contributed by atoms with E-state index in [-0.39, 0.29) is 56.6 Å². The number of esters is 2. The first kappa shape index (κ1) is 43.9. The highest BCUT2D eigenvalue weighted by atomic mass is 79.9. The zero-order valence-electron chi connectivity index (χ0n) is 32.0. The van der Waals surface area contributed by atoms with Gasteiger partial charge in [-0.3, -0.25) is 28.8 Å². The van der Waals surface area contributed by atoms with Gasteiger partial charge >= 0.3 is 11.9 Å². The number of ether oxygens (including phenoxy) is 2. The molecule has 6 aromatic rings. The first-order valence-electron chi connectivity index (χ1n) is 18.3. The van der Waals surface area contributed by atoms with Crippen LogP contribution in [0.3, 0.4) is 0 Å². The van der Waals surface area contributed by atoms with Gasteiger partial charge in [0.25, 0.3) is 0 Å². The Balaban J connectivity index is 1.67. The molecular formula is C44H36Br2N4O8S2. The van der Waals surface area contributed by atoms with Gasteiger partial charge in [-0.25, -0.2) is 0 Å². The summed E-state index contributed by atoms with van der Waals surface area (Å²) in [5.41, 5.74) is 13.4. The number of aromatic nitrogens is 2. The van der Waals surface area contributed by atoms with E-state index in [9.17, 15) is 28.8 Å². The average molecular weight is 973 g/mol. The number of hydrogen-bond acceptors (Lipinski definition) is 10. The third-order valence-corrected chi connectivity index (χ3v) is 12.6. The number of ketones is 2. The van der Waals surface area contributed by atoms with Gasteiger partial charge in [0, 0.05) is 55.0 Å². The molecule has 0 aliphatic rings. The highest BCUT2D eigenvalue weighted by molar-refractivity contribution is 9.10. The standard InChI is InChI=1S/C44H36Br2N4O8S2/c1-3-57-43(55)35(39(47)53)31-23-49(29-19-15-27(45)16-20-29)41(33(31)37(51)25-11-7-5-8-12-25)59-60-42-34(38(52)26-13-9-6-10-14-26)32(36(40(48)54)44(56)58-4-2)24-50(42)30-21-17-28(46)18-22-30/h5-24,35-36H,3-4H2,1-2H3,(H2,47,53)(H2,48,54). The fourth-order valence-electron chi connectivity index (χ4n) is 6.45. The fraction of sp³-hybridized carbons (Fsp3) is 0.136. The molecular weight excluding hydrogens is 936 g/mol. The first-order chi connectivity index (χ1) is 28.9. The van der Waals surface area contributed by atoms with Crippen LogP contribution >= 0.6 is 53.4 Å². The third kappa shape index (κ3) is 9.36. The summed E-state index contributed by atoms with van der Waals surface area (Å²) in [5.74, 6) is -8.36. The minimum atomic E-state index is -1.68. The lowest BCUT2D eigenvalue weighted by Gasteiger charge is -2.15. The summed E-state index contributed by atoms with van der Waals surface area (Å²) < 4.78 is 15.4. The Morgan fingerprint density at radius 1 is 0.550 bits per heavy atom. The molecule has 0 fully saturated rings. The summed E-state index contributed by atoms with van der Waals surface area (Å²) >= 11 is 6.94. The van der Waals surface area contributed by atoms with Crippen LogP contribution < -0.4 is 11.5 Å². The Kier molecular flexibility index (Phi) is 14.3. The maximum atomic E-state index is 14.8. The number of halogens is 2. The number of primary amides is 2. The summed E-state index contributed by atoms with van der Waals surface area (Å²) in [6, 6.07) is 30.9. The van der Waals surface area contributed by atoms with Crippen molar-refractivity contribution in [2.75, 3.05) is 13.2 Å². The van der Waals surface area contributed by atoms with Crippen molar-refractivity contribution in [1.82, 2.24) is 9.13 Å². The molecule has 16 heteroatoms. The minimum Gasteiger partial charge on any atom is -0.465 e. The number of benzene rings is 4. The molecule has 0 aliphatic carbocycles. The predicted octanol–water partition coefficient (Wildman–Crippen LogP) is 8.32. The zero-order valence-corrected chi connectivity index (χ0v) is 36.8. The summed E-state index contributed by atoms with van der Waals surface area (Å²) in [4.78, 5) is 82.9. The second-order valence-electron chi connectivity index (χ2n) is 13.0. The van der Waals surface area contributed by atoms with Crippen LogP contribution in [0.4, 0.5) is 0 Å². The van der Waals surface area contributed by atoms with E-state index in [0.29, 0.717) is 11.4 Å². The number of hydrogen-bond donors (Lipinski definition) is 2. The molecule has 0 radical (unpaired) electrons. The topological polar surface area (TPSA) is 183 Å². The van der Waals surface area contributed by atoms with Crippen molar-refractivity contribution in [3.63, 3.8) is 0 Å². The van der Waals surface area contributed by atoms with Gasteiger partial charge in [0.05, 0.1) is 24.3 Å². The van der Waals surface area contributed by atoms with Gasteiger partial charge < -0.3 is 30.1 Å². The van der Waals surface area contributed by atoms with Crippen molar-refractivity contribution >= 4 is 88.8 Å². The van der Waals surface area contributed by atoms with Crippen LogP contribution in [-0.4, -0.2) is 57.7 Å². The van der Waals surface area contributed by atoms with Crippen molar-refractivity contribution in [1.29, 1.82) is 0 Å². The number of amides is 2. The maximum absolute atomic E-state index is 14.8. The molecule has 306 valence electrons. The van der Waals surface area contributed by atoms with Crippen molar-refractivity contribution in [2.45, 2.75) is 35.7 Å². The van der Waals surface area contributed by atoms with E-state index in [1.165, 1.54) is 12.4 Å². The van der Waals surface area contributed by atoms with E-state index in [0.717, 1.165) is 30.5 Å². The molecule has 0 spiro atoms. The summed E-state index contributed by atoms with van der Waals surface area (Å²) in [6.07, 6.45) is 3.02. The Morgan fingerprint density at radius 3 is 1.18 bits per heavy atom. The second-order valence-corrected chi connectivity index (χ2v) is 16.9. The Morgan fingerprint density at radius 2 is 0.883 bits per heavy atom. The molecule has 2 unspecified atom stereocenters. The van der Waals surface area contributed by atoms with Gasteiger partial charge in [-0.2, -0.15) is 0 Å². The van der Waals surface area contributed by atoms with Crippen molar-refractivity contribution in [3.05, 3.63) is 164 Å². The normalized spacial score (nSPS) is 12.0. The van der Waals surface area contributed by atoms with Gasteiger partial charge in [-0.1, -0.05) is 92.5 Å². The van der Waals surface area contributed by atoms with E-state index in [1.54, 1.807) is 132 Å². The molecule has 4 aromatic carbocycles. The van der Waals surface area contributed by atoms with Crippen LogP contribution in [0.1, 0.15) is 68.7 Å². The van der Waals surface area contributed by atoms with Gasteiger partial charge in [0.1, 0.15) is 10.1 Å². The van der Waals surface area contributed by atoms with Crippen LogP contribution in [0.5, 0.6) is 0 Å². The van der Waals surface area contributed by atoms with E-state index in [4.69, 9.17) is 20.9 Å². The molecule has 2 heterocycles. The number of nitrogens with two attached hydrogens (primary N) is 2. The largest absolute Gasteiger partial charge is 0.465 e. The Labute approximate surface area is 369 Å². The fourth-order valence-corrected chi connectivity index (χ4v) is 9.65. The lowest BCUT2D eigenvalue weighted by molar-refractivity contribution is -0.149. The Bertz CT molecular complexity index is 2400. The minimum absolute atomic E-state index is 0.00138. The molecule has 0 aliphatic heterocycles. The molecule has 0 bridgehead atoms. The molecule has 60 heavy (non-hydrogen) atoms. The lowest BCUT2D eigenvalue weighted by atomic mass is 9.93. The van der Waals surface area contributed by atoms with Gasteiger partial charge in [0.15, 0.2) is 23.4 Å². The van der Waals surface area contributed by atoms with Gasteiger partial charge in [0.2, 0.25) is 11.8 Å². The van der Waals surface area contributed by atoms with Crippen LogP contribution in [0.2, 0.25) is 0 Å². The Hall–Kier alpha value is -5.68. The van der Waals surface area contributed by atoms with Crippen LogP contribution in [0, 0.1) is 0 Å². The van der Waals surface area contributed by atoms with E-state index in [1.807, 2.05) is 0 Å². The van der Waals surface area contributed by atoms with E-state index < -0.39 is 47.2 Å². The van der Waals surface area contributed by atoms with Crippen LogP contribution in [0.15, 0.2) is 141 Å². The quantitative estimate of drug-likeness (QED) is 0.0390. The van der Waals surface area contributed by atoms with Crippen molar-refractivity contribution in [3.8, 4) is 11.4 Å². The monoisotopic (exact) mass is 970 g/mol. The maximum Gasteiger partial charge on any atom is 0.323 e. The lowest BCUT2D eigenvalue weighted by Crippen LogP contribution is -2.30. The molecule has 0 saturated carbocycles. The molecule has 2 aromatic heterocycles. The molecule has 2 atom stereocenters. The summed E-state index contributed by atoms with van der Waals surface area (Å²) in [5, 5.41) is 0.503. The third-order valence-electron chi connectivity index (χ3n) is 9.15. The molecule has 2 amide bonds. The smallest absolute Gasteiger partial charge is 0.323 e. The van der Waals surface area contributed by atoms with Crippen LogP contribution in [-0.2, 0) is 28.7 Å². The van der Waals surface area contributed by atoms with Crippen molar-refractivity contribution in [2.24, 2.45) is 11.5 Å². The van der Waals surface area contributed by atoms with Crippen molar-refractivity contribution < 1.29 is 38.2 Å². The zero-order chi connectivity index (χ0) is 43.1.